The van der Waals surface area contributed by atoms with Gasteiger partial charge in [-0.05, 0) is 12.8 Å². The topological polar surface area (TPSA) is 34.1 Å². The summed E-state index contributed by atoms with van der Waals surface area (Å²) in [5.41, 5.74) is 0. The highest BCUT2D eigenvalue weighted by molar-refractivity contribution is 5.50. The number of carbonyl (C=O) groups excluding carboxylic acids is 2. The van der Waals surface area contributed by atoms with Crippen LogP contribution in [0.4, 0.5) is 0 Å². The Labute approximate surface area is 144 Å². The molecular weight excluding hydrogens is 284 g/mol. The molecule has 0 aliphatic carbocycles. The summed E-state index contributed by atoms with van der Waals surface area (Å²) in [6, 6.07) is 0. The molecule has 0 saturated carbocycles. The Morgan fingerprint density at radius 3 is 0.652 bits per heavy atom. The molecule has 0 aliphatic heterocycles. The van der Waals surface area contributed by atoms with Crippen molar-refractivity contribution in [1.29, 1.82) is 0 Å². The fraction of sp³-hybridized carbons (Fsp3) is 0.905. The van der Waals surface area contributed by atoms with Gasteiger partial charge in [0, 0.05) is 12.8 Å². The monoisotopic (exact) mass is 322 g/mol. The minimum Gasteiger partial charge on any atom is -0.291 e. The van der Waals surface area contributed by atoms with Gasteiger partial charge in [0.15, 0.2) is 12.6 Å². The van der Waals surface area contributed by atoms with Gasteiger partial charge in [0.2, 0.25) is 0 Å². The molecule has 0 fully saturated rings. The van der Waals surface area contributed by atoms with Crippen LogP contribution < -0.4 is 0 Å². The molecule has 0 rings (SSSR count). The molecule has 0 spiro atoms. The van der Waals surface area contributed by atoms with Crippen LogP contribution in [-0.2, 0) is 9.59 Å². The van der Waals surface area contributed by atoms with Crippen LogP contribution in [0.1, 0.15) is 122 Å². The Bertz CT molecular complexity index is 214. The largest absolute Gasteiger partial charge is 0.291 e. The van der Waals surface area contributed by atoms with Gasteiger partial charge in [-0.1, -0.05) is 96.3 Å². The maximum absolute atomic E-state index is 10.1. The van der Waals surface area contributed by atoms with Crippen LogP contribution >= 0.6 is 0 Å². The lowest BCUT2D eigenvalue weighted by Crippen LogP contribution is -1.84. The summed E-state index contributed by atoms with van der Waals surface area (Å²) < 4.78 is 0. The molecule has 0 N–H and O–H groups in total. The van der Waals surface area contributed by atoms with Crippen LogP contribution in [0.2, 0.25) is 0 Å². The van der Waals surface area contributed by atoms with Gasteiger partial charge in [-0.25, -0.2) is 0 Å². The molecule has 0 aromatic carbocycles. The van der Waals surface area contributed by atoms with Crippen molar-refractivity contribution in [3.8, 4) is 0 Å². The van der Waals surface area contributed by atoms with E-state index in [1.807, 2.05) is 12.6 Å². The van der Waals surface area contributed by atoms with Gasteiger partial charge in [-0.3, -0.25) is 9.59 Å². The van der Waals surface area contributed by atoms with Gasteiger partial charge < -0.3 is 0 Å². The molecule has 0 aromatic heterocycles. The average Bonchev–Trinajstić information content (AvgIpc) is 2.57. The van der Waals surface area contributed by atoms with Crippen molar-refractivity contribution >= 4 is 12.6 Å². The van der Waals surface area contributed by atoms with E-state index in [2.05, 4.69) is 0 Å². The molecule has 0 aromatic rings. The quantitative estimate of drug-likeness (QED) is 0.236. The van der Waals surface area contributed by atoms with Crippen molar-refractivity contribution in [3.63, 3.8) is 0 Å². The number of hydrogen-bond acceptors (Lipinski definition) is 2. The summed E-state index contributed by atoms with van der Waals surface area (Å²) in [5, 5.41) is 0. The standard InChI is InChI=1S/C21H38O2/c22-20-18-16-14-12-10-8-6-4-2-1-3-5-7-9-11-13-15-17-19-21-23/h1-19H2. The number of rotatable bonds is 20. The summed E-state index contributed by atoms with van der Waals surface area (Å²) in [7, 11) is 0. The van der Waals surface area contributed by atoms with Crippen molar-refractivity contribution in [2.75, 3.05) is 0 Å². The van der Waals surface area contributed by atoms with Crippen LogP contribution in [0.3, 0.4) is 0 Å². The fourth-order valence-electron chi connectivity index (χ4n) is 3.05. The van der Waals surface area contributed by atoms with E-state index in [0.29, 0.717) is 12.8 Å². The van der Waals surface area contributed by atoms with Crippen molar-refractivity contribution in [2.24, 2.45) is 0 Å². The molecule has 0 aliphatic rings. The highest BCUT2D eigenvalue weighted by atomic mass is 16.1. The van der Waals surface area contributed by atoms with E-state index in [9.17, 15) is 9.59 Å². The second-order valence-corrected chi connectivity index (χ2v) is 6.80. The minimum atomic E-state index is 0.624. The zero-order chi connectivity index (χ0) is 16.8. The Morgan fingerprint density at radius 1 is 0.304 bits per heavy atom. The molecule has 2 heteroatoms. The lowest BCUT2D eigenvalue weighted by molar-refractivity contribution is 0.521. The van der Waals surface area contributed by atoms with E-state index >= 15 is 0 Å². The zero-order valence-electron chi connectivity index (χ0n) is 15.3. The van der Waals surface area contributed by atoms with Gasteiger partial charge in [-0.2, -0.15) is 0 Å². The van der Waals surface area contributed by atoms with E-state index in [1.165, 1.54) is 96.3 Å². The summed E-state index contributed by atoms with van der Waals surface area (Å²) >= 11 is 0. The second-order valence-electron chi connectivity index (χ2n) is 6.80. The molecule has 2 radical (unpaired) electrons. The van der Waals surface area contributed by atoms with E-state index in [0.717, 1.165) is 12.8 Å². The number of unbranched alkanes of at least 4 members (excludes halogenated alkanes) is 18. The normalized spacial score (nSPS) is 10.8. The van der Waals surface area contributed by atoms with Crippen molar-refractivity contribution in [3.05, 3.63) is 0 Å². The van der Waals surface area contributed by atoms with E-state index in [1.54, 1.807) is 0 Å². The molecule has 0 bridgehead atoms. The van der Waals surface area contributed by atoms with Crippen LogP contribution in [0.25, 0.3) is 0 Å². The van der Waals surface area contributed by atoms with Crippen molar-refractivity contribution in [1.82, 2.24) is 0 Å². The molecule has 134 valence electrons. The van der Waals surface area contributed by atoms with Crippen LogP contribution in [0, 0.1) is 0 Å². The summed E-state index contributed by atoms with van der Waals surface area (Å²) in [5.74, 6) is 0. The summed E-state index contributed by atoms with van der Waals surface area (Å²) in [4.78, 5) is 20.1. The van der Waals surface area contributed by atoms with Gasteiger partial charge >= 0.3 is 0 Å². The Hall–Kier alpha value is -0.660. The third kappa shape index (κ3) is 21.3. The first kappa shape index (κ1) is 22.3. The predicted octanol–water partition coefficient (Wildman–Crippen LogP) is 6.62. The fourth-order valence-corrected chi connectivity index (χ4v) is 3.05. The highest BCUT2D eigenvalue weighted by Crippen LogP contribution is 2.14. The van der Waals surface area contributed by atoms with Gasteiger partial charge in [0.05, 0.1) is 0 Å². The van der Waals surface area contributed by atoms with E-state index < -0.39 is 0 Å². The lowest BCUT2D eigenvalue weighted by Gasteiger charge is -2.03. The van der Waals surface area contributed by atoms with Crippen LogP contribution in [0.5, 0.6) is 0 Å². The second kappa shape index (κ2) is 21.3. The van der Waals surface area contributed by atoms with E-state index in [-0.39, 0.29) is 0 Å². The van der Waals surface area contributed by atoms with Gasteiger partial charge in [0.25, 0.3) is 0 Å². The summed E-state index contributed by atoms with van der Waals surface area (Å²) in [6.45, 7) is 0. The van der Waals surface area contributed by atoms with Crippen molar-refractivity contribution in [2.45, 2.75) is 122 Å². The molecule has 0 unspecified atom stereocenters. The third-order valence-corrected chi connectivity index (χ3v) is 4.56. The smallest absolute Gasteiger partial charge is 0.198 e. The molecule has 0 amide bonds. The minimum absolute atomic E-state index is 0.624. The molecular formula is C21H38O2. The molecule has 0 atom stereocenters. The molecule has 0 heterocycles. The first-order valence-corrected chi connectivity index (χ1v) is 10.1. The molecule has 2 nitrogen and oxygen atoms in total. The van der Waals surface area contributed by atoms with E-state index in [4.69, 9.17) is 0 Å². The maximum Gasteiger partial charge on any atom is 0.198 e. The average molecular weight is 323 g/mol. The Kier molecular flexibility index (Phi) is 20.7. The zero-order valence-corrected chi connectivity index (χ0v) is 15.3. The number of hydrogen-bond donors (Lipinski definition) is 0. The predicted molar refractivity (Wildman–Crippen MR) is 99.1 cm³/mol. The third-order valence-electron chi connectivity index (χ3n) is 4.56. The lowest BCUT2D eigenvalue weighted by atomic mass is 10.0. The SMILES string of the molecule is O=[C]CCCCCCCCCCCCCCCCCCC[C]=O. The van der Waals surface area contributed by atoms with Crippen molar-refractivity contribution < 1.29 is 9.59 Å². The first-order valence-electron chi connectivity index (χ1n) is 10.1. The van der Waals surface area contributed by atoms with Gasteiger partial charge in [0.1, 0.15) is 0 Å². The maximum atomic E-state index is 10.1. The Morgan fingerprint density at radius 2 is 0.478 bits per heavy atom. The molecule has 0 saturated heterocycles. The van der Waals surface area contributed by atoms with Crippen LogP contribution in [-0.4, -0.2) is 12.6 Å². The highest BCUT2D eigenvalue weighted by Gasteiger charge is 1.95. The first-order chi connectivity index (χ1) is 11.4. The summed E-state index contributed by atoms with van der Waals surface area (Å²) in [6.07, 6.45) is 27.4. The van der Waals surface area contributed by atoms with Gasteiger partial charge in [-0.15, -0.1) is 0 Å². The molecule has 23 heavy (non-hydrogen) atoms. The van der Waals surface area contributed by atoms with Crippen LogP contribution in [0.15, 0.2) is 0 Å². The Balaban J connectivity index is 2.94.